The summed E-state index contributed by atoms with van der Waals surface area (Å²) in [4.78, 5) is 0.501. The molecule has 0 radical (unpaired) electrons. The Morgan fingerprint density at radius 3 is 1.73 bits per heavy atom. The highest BCUT2D eigenvalue weighted by molar-refractivity contribution is 7.89. The summed E-state index contributed by atoms with van der Waals surface area (Å²) in [6, 6.07) is 4.11. The third-order valence-electron chi connectivity index (χ3n) is 6.98. The van der Waals surface area contributed by atoms with E-state index >= 15 is 0 Å². The average molecular weight is 376 g/mol. The van der Waals surface area contributed by atoms with Gasteiger partial charge in [-0.25, -0.2) is 13.1 Å². The maximum absolute atomic E-state index is 13.4. The van der Waals surface area contributed by atoms with E-state index in [1.807, 2.05) is 13.8 Å². The Morgan fingerprint density at radius 1 is 0.923 bits per heavy atom. The summed E-state index contributed by atoms with van der Waals surface area (Å²) < 4.78 is 30.0. The Balaban J connectivity index is 1.68. The van der Waals surface area contributed by atoms with Crippen LogP contribution in [0.3, 0.4) is 0 Å². The fraction of sp³-hybridized carbons (Fsp3) is 0.727. The van der Waals surface area contributed by atoms with Gasteiger partial charge in [-0.05, 0) is 92.2 Å². The van der Waals surface area contributed by atoms with Crippen molar-refractivity contribution in [2.24, 2.45) is 17.8 Å². The molecule has 0 spiro atoms. The second kappa shape index (κ2) is 5.81. The lowest BCUT2D eigenvalue weighted by Gasteiger charge is -2.56. The fourth-order valence-corrected chi connectivity index (χ4v) is 8.27. The van der Waals surface area contributed by atoms with Gasteiger partial charge in [-0.3, -0.25) is 0 Å². The highest BCUT2D eigenvalue weighted by Gasteiger charge is 2.52. The predicted octanol–water partition coefficient (Wildman–Crippen LogP) is 4.85. The summed E-state index contributed by atoms with van der Waals surface area (Å²) >= 11 is 0. The normalized spacial score (nSPS) is 33.7. The monoisotopic (exact) mass is 375 g/mol. The topological polar surface area (TPSA) is 46.2 Å². The Morgan fingerprint density at radius 2 is 1.35 bits per heavy atom. The first-order valence-electron chi connectivity index (χ1n) is 10.1. The van der Waals surface area contributed by atoms with Crippen LogP contribution in [0.15, 0.2) is 17.0 Å². The van der Waals surface area contributed by atoms with Crippen molar-refractivity contribution in [3.63, 3.8) is 0 Å². The Bertz CT molecular complexity index is 774. The molecule has 4 aliphatic carbocycles. The minimum atomic E-state index is -3.50. The summed E-state index contributed by atoms with van der Waals surface area (Å²) in [7, 11) is -3.50. The number of rotatable bonds is 3. The first-order chi connectivity index (χ1) is 12.0. The van der Waals surface area contributed by atoms with Gasteiger partial charge in [0.25, 0.3) is 0 Å². The van der Waals surface area contributed by atoms with E-state index in [1.54, 1.807) is 0 Å². The molecule has 3 nitrogen and oxygen atoms in total. The third kappa shape index (κ3) is 3.13. The minimum absolute atomic E-state index is 0.0190. The molecule has 0 aliphatic heterocycles. The molecular formula is C22H33NO2S. The molecule has 0 amide bonds. The van der Waals surface area contributed by atoms with E-state index in [2.05, 4.69) is 37.6 Å². The summed E-state index contributed by atoms with van der Waals surface area (Å²) in [5, 5.41) is 0. The van der Waals surface area contributed by atoms with Gasteiger partial charge >= 0.3 is 0 Å². The molecule has 26 heavy (non-hydrogen) atoms. The molecule has 4 aliphatic rings. The maximum Gasteiger partial charge on any atom is 0.241 e. The molecule has 1 N–H and O–H groups in total. The maximum atomic E-state index is 13.4. The molecule has 1 aromatic carbocycles. The standard InChI is InChI=1S/C22H33NO2S/c1-14-6-19(21(3,4)5)7-15(2)20(14)26(24,25)23-22-11-16-8-17(12-22)10-18(9-16)13-22/h6-7,16-18,23H,8-13H2,1-5H3. The number of aryl methyl sites for hydroxylation is 2. The molecule has 0 saturated heterocycles. The largest absolute Gasteiger partial charge is 0.241 e. The van der Waals surface area contributed by atoms with Crippen molar-refractivity contribution in [1.82, 2.24) is 4.72 Å². The summed E-state index contributed by atoms with van der Waals surface area (Å²) in [6.45, 7) is 10.4. The van der Waals surface area contributed by atoms with Crippen LogP contribution in [0.1, 0.15) is 76.0 Å². The highest BCUT2D eigenvalue weighted by atomic mass is 32.2. The Labute approximate surface area is 159 Å². The van der Waals surface area contributed by atoms with E-state index in [9.17, 15) is 8.42 Å². The Hall–Kier alpha value is -0.870. The van der Waals surface area contributed by atoms with Gasteiger partial charge in [0.15, 0.2) is 0 Å². The predicted molar refractivity (Wildman–Crippen MR) is 106 cm³/mol. The molecule has 144 valence electrons. The van der Waals surface area contributed by atoms with E-state index in [-0.39, 0.29) is 11.0 Å². The zero-order valence-corrected chi connectivity index (χ0v) is 17.7. The quantitative estimate of drug-likeness (QED) is 0.821. The summed E-state index contributed by atoms with van der Waals surface area (Å²) in [5.41, 5.74) is 2.76. The lowest BCUT2D eigenvalue weighted by atomic mass is 9.53. The minimum Gasteiger partial charge on any atom is -0.207 e. The van der Waals surface area contributed by atoms with Crippen molar-refractivity contribution in [3.8, 4) is 0 Å². The molecule has 1 aromatic rings. The first-order valence-corrected chi connectivity index (χ1v) is 11.6. The van der Waals surface area contributed by atoms with Crippen LogP contribution in [-0.4, -0.2) is 14.0 Å². The molecule has 4 fully saturated rings. The Kier molecular flexibility index (Phi) is 4.13. The van der Waals surface area contributed by atoms with Crippen LogP contribution in [0.25, 0.3) is 0 Å². The van der Waals surface area contributed by atoms with Crippen molar-refractivity contribution < 1.29 is 8.42 Å². The second-order valence-electron chi connectivity index (χ2n) is 10.5. The first kappa shape index (κ1) is 18.5. The lowest BCUT2D eigenvalue weighted by Crippen LogP contribution is -2.59. The van der Waals surface area contributed by atoms with Gasteiger partial charge in [0.05, 0.1) is 4.90 Å². The number of benzene rings is 1. The van der Waals surface area contributed by atoms with Gasteiger partial charge in [-0.15, -0.1) is 0 Å². The van der Waals surface area contributed by atoms with Crippen LogP contribution in [0.4, 0.5) is 0 Å². The molecule has 4 heteroatoms. The van der Waals surface area contributed by atoms with Gasteiger partial charge in [0.2, 0.25) is 10.0 Å². The van der Waals surface area contributed by atoms with Gasteiger partial charge < -0.3 is 0 Å². The molecule has 4 saturated carbocycles. The van der Waals surface area contributed by atoms with E-state index in [1.165, 1.54) is 24.8 Å². The number of sulfonamides is 1. The molecule has 4 bridgehead atoms. The zero-order valence-electron chi connectivity index (χ0n) is 16.9. The molecule has 0 atom stereocenters. The van der Waals surface area contributed by atoms with Crippen LogP contribution in [-0.2, 0) is 15.4 Å². The number of hydrogen-bond donors (Lipinski definition) is 1. The van der Waals surface area contributed by atoms with Gasteiger partial charge in [-0.2, -0.15) is 0 Å². The van der Waals surface area contributed by atoms with Crippen molar-refractivity contribution in [3.05, 3.63) is 28.8 Å². The van der Waals surface area contributed by atoms with Crippen LogP contribution in [0.2, 0.25) is 0 Å². The fourth-order valence-electron chi connectivity index (χ4n) is 6.38. The average Bonchev–Trinajstić information content (AvgIpc) is 2.41. The molecule has 0 unspecified atom stereocenters. The van der Waals surface area contributed by atoms with Gasteiger partial charge in [-0.1, -0.05) is 32.9 Å². The van der Waals surface area contributed by atoms with Gasteiger partial charge in [0.1, 0.15) is 0 Å². The third-order valence-corrected chi connectivity index (χ3v) is 8.87. The van der Waals surface area contributed by atoms with Crippen molar-refractivity contribution in [1.29, 1.82) is 0 Å². The zero-order chi connectivity index (χ0) is 18.9. The van der Waals surface area contributed by atoms with E-state index in [0.717, 1.165) is 48.1 Å². The van der Waals surface area contributed by atoms with Crippen LogP contribution < -0.4 is 4.72 Å². The van der Waals surface area contributed by atoms with Crippen molar-refractivity contribution >= 4 is 10.0 Å². The molecular weight excluding hydrogens is 342 g/mol. The van der Waals surface area contributed by atoms with Crippen molar-refractivity contribution in [2.75, 3.05) is 0 Å². The van der Waals surface area contributed by atoms with E-state index < -0.39 is 10.0 Å². The van der Waals surface area contributed by atoms with Crippen LogP contribution in [0.5, 0.6) is 0 Å². The smallest absolute Gasteiger partial charge is 0.207 e. The summed E-state index contributed by atoms with van der Waals surface area (Å²) in [5.74, 6) is 2.19. The SMILES string of the molecule is Cc1cc(C(C)(C)C)cc(C)c1S(=O)(=O)NC12CC3CC(CC(C3)C1)C2. The highest BCUT2D eigenvalue weighted by Crippen LogP contribution is 2.56. The summed E-state index contributed by atoms with van der Waals surface area (Å²) in [6.07, 6.45) is 7.07. The van der Waals surface area contributed by atoms with Crippen molar-refractivity contribution in [2.45, 2.75) is 89.0 Å². The molecule has 5 rings (SSSR count). The van der Waals surface area contributed by atoms with Crippen LogP contribution in [0, 0.1) is 31.6 Å². The van der Waals surface area contributed by atoms with Crippen LogP contribution >= 0.6 is 0 Å². The number of nitrogens with one attached hydrogen (secondary N) is 1. The molecule has 0 aromatic heterocycles. The number of hydrogen-bond acceptors (Lipinski definition) is 2. The van der Waals surface area contributed by atoms with E-state index in [4.69, 9.17) is 0 Å². The second-order valence-corrected chi connectivity index (χ2v) is 12.1. The lowest BCUT2D eigenvalue weighted by molar-refractivity contribution is -0.00810. The van der Waals surface area contributed by atoms with E-state index in [0.29, 0.717) is 4.90 Å². The molecule has 0 heterocycles. The van der Waals surface area contributed by atoms with Gasteiger partial charge in [0, 0.05) is 5.54 Å².